The minimum Gasteiger partial charge on any atom is -0.235 e. The molecule has 0 aliphatic carbocycles. The Morgan fingerprint density at radius 2 is 1.64 bits per heavy atom. The van der Waals surface area contributed by atoms with Crippen molar-refractivity contribution in [3.63, 3.8) is 0 Å². The summed E-state index contributed by atoms with van der Waals surface area (Å²) in [5.74, 6) is -0.208. The standard InChI is InChI=1S/C29H29FN2S/c1-28(2,3)15-17-7-10-21-24(11-17)33-27-25(31-16-32-26(21)27)19-12-18-8-9-20(30)14-22(18)23(13-19)29(4,5)6/h7-14,16H,15H2,1-6H3. The lowest BCUT2D eigenvalue weighted by Crippen LogP contribution is -2.12. The van der Waals surface area contributed by atoms with Crippen LogP contribution in [0.3, 0.4) is 0 Å². The van der Waals surface area contributed by atoms with E-state index in [-0.39, 0.29) is 16.6 Å². The van der Waals surface area contributed by atoms with Crippen LogP contribution in [0.25, 0.3) is 42.3 Å². The van der Waals surface area contributed by atoms with Gasteiger partial charge in [-0.15, -0.1) is 11.3 Å². The van der Waals surface area contributed by atoms with Crippen LogP contribution in [0, 0.1) is 11.2 Å². The van der Waals surface area contributed by atoms with E-state index in [1.807, 2.05) is 6.07 Å². The Kier molecular flexibility index (Phi) is 5.06. The van der Waals surface area contributed by atoms with Crippen molar-refractivity contribution in [1.29, 1.82) is 0 Å². The summed E-state index contributed by atoms with van der Waals surface area (Å²) in [6.45, 7) is 13.3. The number of halogens is 1. The van der Waals surface area contributed by atoms with Crippen molar-refractivity contribution >= 4 is 42.4 Å². The van der Waals surface area contributed by atoms with Crippen molar-refractivity contribution in [2.75, 3.05) is 0 Å². The Morgan fingerprint density at radius 1 is 0.848 bits per heavy atom. The van der Waals surface area contributed by atoms with Gasteiger partial charge in [0.05, 0.1) is 15.9 Å². The minimum atomic E-state index is -0.208. The Morgan fingerprint density at radius 3 is 2.36 bits per heavy atom. The van der Waals surface area contributed by atoms with Crippen LogP contribution in [0.5, 0.6) is 0 Å². The summed E-state index contributed by atoms with van der Waals surface area (Å²) >= 11 is 1.76. The van der Waals surface area contributed by atoms with Gasteiger partial charge in [-0.05, 0) is 69.5 Å². The first-order valence-corrected chi connectivity index (χ1v) is 12.2. The number of hydrogen-bond acceptors (Lipinski definition) is 3. The number of hydrogen-bond donors (Lipinski definition) is 0. The summed E-state index contributed by atoms with van der Waals surface area (Å²) < 4.78 is 16.4. The van der Waals surface area contributed by atoms with E-state index in [1.54, 1.807) is 23.7 Å². The van der Waals surface area contributed by atoms with Crippen LogP contribution in [-0.4, -0.2) is 9.97 Å². The molecule has 0 spiro atoms. The Hall–Kier alpha value is -2.85. The van der Waals surface area contributed by atoms with Crippen LogP contribution in [0.2, 0.25) is 0 Å². The van der Waals surface area contributed by atoms with E-state index in [1.165, 1.54) is 21.7 Å². The van der Waals surface area contributed by atoms with Gasteiger partial charge in [-0.2, -0.15) is 0 Å². The van der Waals surface area contributed by atoms with Gasteiger partial charge in [-0.25, -0.2) is 14.4 Å². The molecular weight excluding hydrogens is 427 g/mol. The first kappa shape index (κ1) is 22.0. The summed E-state index contributed by atoms with van der Waals surface area (Å²) in [6.07, 6.45) is 2.70. The molecule has 168 valence electrons. The van der Waals surface area contributed by atoms with Crippen molar-refractivity contribution in [2.24, 2.45) is 5.41 Å². The first-order valence-electron chi connectivity index (χ1n) is 11.4. The zero-order valence-electron chi connectivity index (χ0n) is 20.1. The molecule has 0 aliphatic heterocycles. The zero-order chi connectivity index (χ0) is 23.5. The van der Waals surface area contributed by atoms with E-state index >= 15 is 0 Å². The molecular formula is C29H29FN2S. The molecule has 0 unspecified atom stereocenters. The van der Waals surface area contributed by atoms with Gasteiger partial charge < -0.3 is 0 Å². The van der Waals surface area contributed by atoms with Gasteiger partial charge in [0.25, 0.3) is 0 Å². The second-order valence-corrected chi connectivity index (χ2v) is 12.3. The molecule has 0 radical (unpaired) electrons. The summed E-state index contributed by atoms with van der Waals surface area (Å²) in [6, 6.07) is 16.1. The van der Waals surface area contributed by atoms with Crippen LogP contribution in [0.1, 0.15) is 52.7 Å². The van der Waals surface area contributed by atoms with Gasteiger partial charge in [0.15, 0.2) is 0 Å². The number of thiophene rings is 1. The molecule has 0 fully saturated rings. The number of rotatable bonds is 2. The lowest BCUT2D eigenvalue weighted by molar-refractivity contribution is 0.411. The quantitative estimate of drug-likeness (QED) is 0.265. The van der Waals surface area contributed by atoms with E-state index in [4.69, 9.17) is 4.98 Å². The number of benzene rings is 3. The molecule has 2 aromatic heterocycles. The highest BCUT2D eigenvalue weighted by molar-refractivity contribution is 7.26. The summed E-state index contributed by atoms with van der Waals surface area (Å²) in [4.78, 5) is 9.38. The summed E-state index contributed by atoms with van der Waals surface area (Å²) in [7, 11) is 0. The lowest BCUT2D eigenvalue weighted by atomic mass is 9.82. The predicted octanol–water partition coefficient (Wildman–Crippen LogP) is 8.69. The van der Waals surface area contributed by atoms with Gasteiger partial charge >= 0.3 is 0 Å². The predicted molar refractivity (Wildman–Crippen MR) is 140 cm³/mol. The second kappa shape index (κ2) is 7.59. The molecule has 5 aromatic rings. The van der Waals surface area contributed by atoms with Gasteiger partial charge in [0.1, 0.15) is 12.1 Å². The van der Waals surface area contributed by atoms with Gasteiger partial charge in [-0.1, -0.05) is 59.7 Å². The van der Waals surface area contributed by atoms with E-state index in [0.29, 0.717) is 0 Å². The fourth-order valence-electron chi connectivity index (χ4n) is 4.63. The average molecular weight is 457 g/mol. The Balaban J connectivity index is 1.74. The molecule has 5 rings (SSSR count). The van der Waals surface area contributed by atoms with Gasteiger partial charge in [0, 0.05) is 15.6 Å². The van der Waals surface area contributed by atoms with E-state index in [0.717, 1.165) is 44.2 Å². The first-order chi connectivity index (χ1) is 15.5. The van der Waals surface area contributed by atoms with Crippen molar-refractivity contribution in [3.8, 4) is 11.3 Å². The third kappa shape index (κ3) is 4.13. The highest BCUT2D eigenvalue weighted by atomic mass is 32.1. The van der Waals surface area contributed by atoms with Crippen LogP contribution in [0.4, 0.5) is 4.39 Å². The van der Waals surface area contributed by atoms with Crippen LogP contribution in [-0.2, 0) is 11.8 Å². The summed E-state index contributed by atoms with van der Waals surface area (Å²) in [5, 5.41) is 3.16. The molecule has 4 heteroatoms. The maximum absolute atomic E-state index is 14.1. The number of aromatic nitrogens is 2. The monoisotopic (exact) mass is 456 g/mol. The molecule has 3 aromatic carbocycles. The molecule has 2 heterocycles. The average Bonchev–Trinajstić information content (AvgIpc) is 3.08. The van der Waals surface area contributed by atoms with Crippen molar-refractivity contribution < 1.29 is 4.39 Å². The van der Waals surface area contributed by atoms with Crippen molar-refractivity contribution in [3.05, 3.63) is 71.8 Å². The highest BCUT2D eigenvalue weighted by Crippen LogP contribution is 2.41. The van der Waals surface area contributed by atoms with E-state index < -0.39 is 0 Å². The lowest BCUT2D eigenvalue weighted by Gasteiger charge is -2.23. The van der Waals surface area contributed by atoms with Gasteiger partial charge in [-0.3, -0.25) is 0 Å². The fourth-order valence-corrected chi connectivity index (χ4v) is 5.87. The molecule has 0 aliphatic rings. The largest absolute Gasteiger partial charge is 0.235 e. The zero-order valence-corrected chi connectivity index (χ0v) is 20.9. The molecule has 0 atom stereocenters. The number of fused-ring (bicyclic) bond motifs is 4. The smallest absolute Gasteiger partial charge is 0.123 e. The fraction of sp³-hybridized carbons (Fsp3) is 0.310. The molecule has 2 nitrogen and oxygen atoms in total. The maximum atomic E-state index is 14.1. The maximum Gasteiger partial charge on any atom is 0.123 e. The number of nitrogens with zero attached hydrogens (tertiary/aromatic N) is 2. The minimum absolute atomic E-state index is 0.129. The molecule has 33 heavy (non-hydrogen) atoms. The Labute approximate surface area is 198 Å². The molecule has 0 bridgehead atoms. The molecule has 0 amide bonds. The second-order valence-electron chi connectivity index (χ2n) is 11.2. The summed E-state index contributed by atoms with van der Waals surface area (Å²) in [5.41, 5.74) is 5.56. The van der Waals surface area contributed by atoms with Crippen LogP contribution >= 0.6 is 11.3 Å². The van der Waals surface area contributed by atoms with Crippen LogP contribution < -0.4 is 0 Å². The van der Waals surface area contributed by atoms with Crippen molar-refractivity contribution in [2.45, 2.75) is 53.4 Å². The molecule has 0 saturated heterocycles. The topological polar surface area (TPSA) is 25.8 Å². The highest BCUT2D eigenvalue weighted by Gasteiger charge is 2.21. The SMILES string of the molecule is CC(C)(C)Cc1ccc2c(c1)sc1c(-c3cc(C(C)(C)C)c4cc(F)ccc4c3)ncnc12. The third-order valence-corrected chi connectivity index (χ3v) is 7.20. The van der Waals surface area contributed by atoms with Crippen LogP contribution in [0.15, 0.2) is 54.9 Å². The normalized spacial score (nSPS) is 12.8. The van der Waals surface area contributed by atoms with Gasteiger partial charge in [0.2, 0.25) is 0 Å². The molecule has 0 N–H and O–H groups in total. The van der Waals surface area contributed by atoms with E-state index in [9.17, 15) is 4.39 Å². The molecule has 0 saturated carbocycles. The Bertz CT molecular complexity index is 1520. The van der Waals surface area contributed by atoms with E-state index in [2.05, 4.69) is 76.9 Å². The third-order valence-electron chi connectivity index (χ3n) is 6.05. The van der Waals surface area contributed by atoms with Crippen molar-refractivity contribution in [1.82, 2.24) is 9.97 Å².